The maximum Gasteiger partial charge on any atom is 0.263 e. The summed E-state index contributed by atoms with van der Waals surface area (Å²) in [6.07, 6.45) is 1.48. The number of halogens is 2. The van der Waals surface area contributed by atoms with Crippen molar-refractivity contribution in [2.24, 2.45) is 0 Å². The molecule has 1 N–H and O–H groups in total. The molecule has 25 heavy (non-hydrogen) atoms. The first kappa shape index (κ1) is 16.6. The van der Waals surface area contributed by atoms with Crippen LogP contribution in [0.4, 0.5) is 14.5 Å². The van der Waals surface area contributed by atoms with Crippen molar-refractivity contribution in [3.8, 4) is 0 Å². The van der Waals surface area contributed by atoms with Gasteiger partial charge in [0.1, 0.15) is 17.2 Å². The number of hydrogen-bond donors (Lipinski definition) is 1. The van der Waals surface area contributed by atoms with Gasteiger partial charge in [-0.3, -0.25) is 9.59 Å². The minimum absolute atomic E-state index is 0.00654. The van der Waals surface area contributed by atoms with Crippen molar-refractivity contribution in [2.45, 2.75) is 6.54 Å². The van der Waals surface area contributed by atoms with E-state index in [0.29, 0.717) is 5.56 Å². The molecule has 3 rings (SSSR count). The van der Waals surface area contributed by atoms with Crippen LogP contribution in [0, 0.1) is 11.6 Å². The molecule has 126 valence electrons. The summed E-state index contributed by atoms with van der Waals surface area (Å²) in [4.78, 5) is 24.8. The number of aromatic nitrogens is 1. The van der Waals surface area contributed by atoms with Crippen LogP contribution < -0.4 is 10.9 Å². The van der Waals surface area contributed by atoms with E-state index < -0.39 is 23.1 Å². The lowest BCUT2D eigenvalue weighted by Gasteiger charge is -2.09. The topological polar surface area (TPSA) is 51.1 Å². The molecule has 0 atom stereocenters. The van der Waals surface area contributed by atoms with Crippen LogP contribution in [-0.4, -0.2) is 10.5 Å². The SMILES string of the molecule is O=C(Nc1cccc(F)c1)c1cccn(Cc2ccccc2F)c1=O. The van der Waals surface area contributed by atoms with Gasteiger partial charge in [0, 0.05) is 17.4 Å². The van der Waals surface area contributed by atoms with E-state index in [9.17, 15) is 18.4 Å². The lowest BCUT2D eigenvalue weighted by atomic mass is 10.2. The van der Waals surface area contributed by atoms with Gasteiger partial charge in [0.05, 0.1) is 6.54 Å². The summed E-state index contributed by atoms with van der Waals surface area (Å²) >= 11 is 0. The first-order valence-electron chi connectivity index (χ1n) is 7.54. The van der Waals surface area contributed by atoms with Crippen LogP contribution in [0.5, 0.6) is 0 Å². The first-order valence-corrected chi connectivity index (χ1v) is 7.54. The molecule has 0 radical (unpaired) electrons. The summed E-state index contributed by atoms with van der Waals surface area (Å²) in [6, 6.07) is 14.4. The Morgan fingerprint density at radius 1 is 1.00 bits per heavy atom. The van der Waals surface area contributed by atoms with E-state index in [-0.39, 0.29) is 17.8 Å². The third-order valence-corrected chi connectivity index (χ3v) is 3.65. The molecule has 0 unspecified atom stereocenters. The minimum atomic E-state index is -0.654. The van der Waals surface area contributed by atoms with Gasteiger partial charge in [-0.05, 0) is 36.4 Å². The molecule has 4 nitrogen and oxygen atoms in total. The quantitative estimate of drug-likeness (QED) is 0.791. The lowest BCUT2D eigenvalue weighted by molar-refractivity contribution is 0.102. The van der Waals surface area contributed by atoms with Crippen molar-refractivity contribution in [2.75, 3.05) is 5.32 Å². The van der Waals surface area contributed by atoms with Crippen LogP contribution >= 0.6 is 0 Å². The number of carbonyl (C=O) groups is 1. The summed E-state index contributed by atoms with van der Waals surface area (Å²) in [5, 5.41) is 2.48. The predicted molar refractivity (Wildman–Crippen MR) is 90.6 cm³/mol. The molecule has 1 amide bonds. The second kappa shape index (κ2) is 7.09. The summed E-state index contributed by atoms with van der Waals surface area (Å²) < 4.78 is 28.2. The molecular weight excluding hydrogens is 326 g/mol. The number of benzene rings is 2. The first-order chi connectivity index (χ1) is 12.0. The van der Waals surface area contributed by atoms with E-state index in [1.807, 2.05) is 0 Å². The molecule has 0 saturated heterocycles. The number of nitrogens with one attached hydrogen (secondary N) is 1. The summed E-state index contributed by atoms with van der Waals surface area (Å²) in [6.45, 7) is 0.00654. The highest BCUT2D eigenvalue weighted by molar-refractivity contribution is 6.03. The van der Waals surface area contributed by atoms with Gasteiger partial charge in [0.2, 0.25) is 0 Å². The van der Waals surface area contributed by atoms with Crippen LogP contribution in [0.2, 0.25) is 0 Å². The Kier molecular flexibility index (Phi) is 4.70. The Hall–Kier alpha value is -3.28. The number of hydrogen-bond acceptors (Lipinski definition) is 2. The molecular formula is C19H14F2N2O2. The van der Waals surface area contributed by atoms with Crippen LogP contribution in [0.1, 0.15) is 15.9 Å². The molecule has 0 aliphatic carbocycles. The molecule has 0 bridgehead atoms. The number of carbonyl (C=O) groups excluding carboxylic acids is 1. The third kappa shape index (κ3) is 3.80. The fourth-order valence-electron chi connectivity index (χ4n) is 2.41. The Bertz CT molecular complexity index is 983. The standard InChI is InChI=1S/C19H14F2N2O2/c20-14-6-3-7-15(11-14)22-18(24)16-8-4-10-23(19(16)25)12-13-5-1-2-9-17(13)21/h1-11H,12H2,(H,22,24). The van der Waals surface area contributed by atoms with E-state index in [4.69, 9.17) is 0 Å². The smallest absolute Gasteiger partial charge is 0.263 e. The van der Waals surface area contributed by atoms with Crippen molar-refractivity contribution in [1.29, 1.82) is 0 Å². The zero-order valence-electron chi connectivity index (χ0n) is 13.1. The molecule has 0 spiro atoms. The zero-order chi connectivity index (χ0) is 17.8. The molecule has 0 fully saturated rings. The van der Waals surface area contributed by atoms with Gasteiger partial charge in [-0.25, -0.2) is 8.78 Å². The zero-order valence-corrected chi connectivity index (χ0v) is 13.1. The maximum atomic E-state index is 13.8. The number of amides is 1. The van der Waals surface area contributed by atoms with Crippen LogP contribution in [0.25, 0.3) is 0 Å². The van der Waals surface area contributed by atoms with E-state index in [0.717, 1.165) is 6.07 Å². The molecule has 0 saturated carbocycles. The van der Waals surface area contributed by atoms with Gasteiger partial charge in [0.15, 0.2) is 0 Å². The minimum Gasteiger partial charge on any atom is -0.322 e. The van der Waals surface area contributed by atoms with Gasteiger partial charge in [0.25, 0.3) is 11.5 Å². The van der Waals surface area contributed by atoms with Crippen molar-refractivity contribution in [3.05, 3.63) is 100.0 Å². The molecule has 3 aromatic rings. The summed E-state index contributed by atoms with van der Waals surface area (Å²) in [7, 11) is 0. The van der Waals surface area contributed by atoms with Crippen molar-refractivity contribution >= 4 is 11.6 Å². The summed E-state index contributed by atoms with van der Waals surface area (Å²) in [5.41, 5.74) is -0.0797. The third-order valence-electron chi connectivity index (χ3n) is 3.65. The van der Waals surface area contributed by atoms with Crippen molar-refractivity contribution in [3.63, 3.8) is 0 Å². The molecule has 1 aromatic heterocycles. The highest BCUT2D eigenvalue weighted by Gasteiger charge is 2.13. The Morgan fingerprint density at radius 3 is 2.56 bits per heavy atom. The average Bonchev–Trinajstić information content (AvgIpc) is 2.58. The molecule has 0 aliphatic rings. The van der Waals surface area contributed by atoms with Gasteiger partial charge >= 0.3 is 0 Å². The highest BCUT2D eigenvalue weighted by Crippen LogP contribution is 2.11. The fourth-order valence-corrected chi connectivity index (χ4v) is 2.41. The van der Waals surface area contributed by atoms with Gasteiger partial charge in [-0.1, -0.05) is 24.3 Å². The van der Waals surface area contributed by atoms with Crippen LogP contribution in [-0.2, 0) is 6.54 Å². The van der Waals surface area contributed by atoms with E-state index >= 15 is 0 Å². The fraction of sp³-hybridized carbons (Fsp3) is 0.0526. The molecule has 2 aromatic carbocycles. The number of pyridine rings is 1. The number of rotatable bonds is 4. The van der Waals surface area contributed by atoms with Gasteiger partial charge in [-0.15, -0.1) is 0 Å². The maximum absolute atomic E-state index is 13.8. The van der Waals surface area contributed by atoms with E-state index in [1.165, 1.54) is 47.2 Å². The summed E-state index contributed by atoms with van der Waals surface area (Å²) in [5.74, 6) is -1.58. The Morgan fingerprint density at radius 2 is 1.80 bits per heavy atom. The van der Waals surface area contributed by atoms with Crippen molar-refractivity contribution < 1.29 is 13.6 Å². The monoisotopic (exact) mass is 340 g/mol. The molecule has 0 aliphatic heterocycles. The average molecular weight is 340 g/mol. The highest BCUT2D eigenvalue weighted by atomic mass is 19.1. The Labute approximate surface area is 142 Å². The van der Waals surface area contributed by atoms with Crippen LogP contribution in [0.15, 0.2) is 71.7 Å². The van der Waals surface area contributed by atoms with Gasteiger partial charge < -0.3 is 9.88 Å². The number of anilines is 1. The Balaban J connectivity index is 1.87. The largest absolute Gasteiger partial charge is 0.322 e. The second-order valence-corrected chi connectivity index (χ2v) is 5.41. The molecule has 6 heteroatoms. The van der Waals surface area contributed by atoms with E-state index in [1.54, 1.807) is 18.2 Å². The predicted octanol–water partition coefficient (Wildman–Crippen LogP) is 3.43. The van der Waals surface area contributed by atoms with Gasteiger partial charge in [-0.2, -0.15) is 0 Å². The second-order valence-electron chi connectivity index (χ2n) is 5.41. The van der Waals surface area contributed by atoms with E-state index in [2.05, 4.69) is 5.32 Å². The van der Waals surface area contributed by atoms with Crippen LogP contribution in [0.3, 0.4) is 0 Å². The number of nitrogens with zero attached hydrogens (tertiary/aromatic N) is 1. The normalized spacial score (nSPS) is 10.5. The molecule has 1 heterocycles. The van der Waals surface area contributed by atoms with Crippen molar-refractivity contribution in [1.82, 2.24) is 4.57 Å². The lowest BCUT2D eigenvalue weighted by Crippen LogP contribution is -2.29.